The molecule has 0 atom stereocenters. The number of thiophene rings is 1. The number of benzene rings is 3. The summed E-state index contributed by atoms with van der Waals surface area (Å²) >= 11 is 0. The van der Waals surface area contributed by atoms with E-state index in [1.54, 1.807) is 0 Å². The van der Waals surface area contributed by atoms with Gasteiger partial charge < -0.3 is 0 Å². The summed E-state index contributed by atoms with van der Waals surface area (Å²) in [5.74, 6) is 0.772. The monoisotopic (exact) mass is 303 g/mol. The number of ketones is 1. The molecule has 0 saturated heterocycles. The van der Waals surface area contributed by atoms with Gasteiger partial charge in [-0.25, -0.2) is 0 Å². The number of carbonyl (C=O) groups is 1. The normalized spacial score (nSPS) is 11.1. The molecule has 0 aliphatic rings. The zero-order valence-corrected chi connectivity index (χ0v) is 12.8. The maximum Gasteiger partial charge on any atom is 0.216 e. The predicted octanol–water partition coefficient (Wildman–Crippen LogP) is 5.63. The lowest BCUT2D eigenvalue weighted by Crippen LogP contribution is -1.99. The topological polar surface area (TPSA) is 17.1 Å². The Morgan fingerprint density at radius 2 is 1.18 bits per heavy atom. The largest absolute Gasteiger partial charge is 0.288 e. The fourth-order valence-electron chi connectivity index (χ4n) is 2.92. The van der Waals surface area contributed by atoms with Gasteiger partial charge in [-0.15, -0.1) is 0 Å². The van der Waals surface area contributed by atoms with Crippen molar-refractivity contribution >= 4 is 36.4 Å². The van der Waals surface area contributed by atoms with Gasteiger partial charge in [0.15, 0.2) is 15.2 Å². The maximum atomic E-state index is 12.6. The summed E-state index contributed by atoms with van der Waals surface area (Å²) in [6.07, 6.45) is 0. The van der Waals surface area contributed by atoms with Crippen LogP contribution in [0.5, 0.6) is 0 Å². The highest BCUT2D eigenvalue weighted by Gasteiger charge is 2.23. The van der Waals surface area contributed by atoms with Crippen molar-refractivity contribution in [2.75, 3.05) is 0 Å². The van der Waals surface area contributed by atoms with E-state index in [9.17, 15) is 4.79 Å². The summed E-state index contributed by atoms with van der Waals surface area (Å²) in [4.78, 5) is 12.6. The number of hydrogen-bond acceptors (Lipinski definition) is 1. The fourth-order valence-corrected chi connectivity index (χ4v) is 5.27. The molecule has 0 unspecified atom stereocenters. The van der Waals surface area contributed by atoms with Crippen molar-refractivity contribution in [3.8, 4) is 0 Å². The van der Waals surface area contributed by atoms with Crippen LogP contribution in [0.3, 0.4) is 0 Å². The highest BCUT2D eigenvalue weighted by Crippen LogP contribution is 2.43. The minimum absolute atomic E-state index is 0.157. The number of rotatable bonds is 3. The van der Waals surface area contributed by atoms with E-state index in [-0.39, 0.29) is 16.3 Å². The molecule has 3 aromatic carbocycles. The first-order valence-corrected chi connectivity index (χ1v) is 8.71. The third-order valence-corrected chi connectivity index (χ3v) is 6.29. The molecule has 0 amide bonds. The van der Waals surface area contributed by atoms with Crippen molar-refractivity contribution < 1.29 is 4.79 Å². The molecule has 4 rings (SSSR count). The average molecular weight is 303 g/mol. The van der Waals surface area contributed by atoms with E-state index in [0.29, 0.717) is 5.75 Å². The van der Waals surface area contributed by atoms with Gasteiger partial charge in [-0.2, -0.15) is 0 Å². The van der Waals surface area contributed by atoms with Gasteiger partial charge in [0.05, 0.1) is 0 Å². The minimum Gasteiger partial charge on any atom is -0.288 e. The van der Waals surface area contributed by atoms with Crippen molar-refractivity contribution in [2.24, 2.45) is 0 Å². The molecular formula is C20H15OS+. The van der Waals surface area contributed by atoms with E-state index in [1.807, 2.05) is 30.3 Å². The average Bonchev–Trinajstić information content (AvgIpc) is 2.90. The van der Waals surface area contributed by atoms with Gasteiger partial charge in [0.25, 0.3) is 0 Å². The van der Waals surface area contributed by atoms with Gasteiger partial charge in [-0.3, -0.25) is 4.79 Å². The Morgan fingerprint density at radius 3 is 1.77 bits per heavy atom. The molecule has 2 heteroatoms. The van der Waals surface area contributed by atoms with Crippen LogP contribution in [0, 0.1) is 0 Å². The highest BCUT2D eigenvalue weighted by atomic mass is 32.2. The van der Waals surface area contributed by atoms with Crippen molar-refractivity contribution in [3.05, 3.63) is 84.4 Å². The van der Waals surface area contributed by atoms with E-state index >= 15 is 0 Å². The standard InChI is InChI=1S/C20H15OS/c21-18(15-8-2-1-3-9-15)14-22-19-12-6-4-10-16(19)17-11-5-7-13-20(17)22/h1-13H,14H2/q+1. The molecular weight excluding hydrogens is 288 g/mol. The Morgan fingerprint density at radius 1 is 0.682 bits per heavy atom. The van der Waals surface area contributed by atoms with Crippen molar-refractivity contribution in [2.45, 2.75) is 5.75 Å². The second kappa shape index (κ2) is 5.39. The molecule has 1 nitrogen and oxygen atoms in total. The number of Topliss-reactive ketones (excluding diaryl/α,β-unsaturated/α-hetero) is 1. The minimum atomic E-state index is -0.157. The molecule has 1 aromatic heterocycles. The second-order valence-electron chi connectivity index (χ2n) is 5.32. The summed E-state index contributed by atoms with van der Waals surface area (Å²) in [5.41, 5.74) is 0.803. The lowest BCUT2D eigenvalue weighted by atomic mass is 10.2. The number of hydrogen-bond donors (Lipinski definition) is 0. The summed E-state index contributed by atoms with van der Waals surface area (Å²) < 4.78 is 2.60. The summed E-state index contributed by atoms with van der Waals surface area (Å²) in [5, 5.41) is 2.56. The molecule has 4 aromatic rings. The zero-order valence-electron chi connectivity index (χ0n) is 12.0. The molecule has 22 heavy (non-hydrogen) atoms. The van der Waals surface area contributed by atoms with Gasteiger partial charge in [-0.1, -0.05) is 54.6 Å². The van der Waals surface area contributed by atoms with Crippen LogP contribution < -0.4 is 0 Å². The molecule has 0 bridgehead atoms. The van der Waals surface area contributed by atoms with Crippen LogP contribution in [0.4, 0.5) is 0 Å². The Bertz CT molecular complexity index is 914. The van der Waals surface area contributed by atoms with E-state index in [0.717, 1.165) is 5.56 Å². The molecule has 1 heterocycles. The van der Waals surface area contributed by atoms with Gasteiger partial charge >= 0.3 is 0 Å². The molecule has 0 N–H and O–H groups in total. The molecule has 0 radical (unpaired) electrons. The van der Waals surface area contributed by atoms with Gasteiger partial charge in [0.1, 0.15) is 0 Å². The van der Waals surface area contributed by atoms with Gasteiger partial charge in [0.2, 0.25) is 5.78 Å². The quantitative estimate of drug-likeness (QED) is 0.354. The Hall–Kier alpha value is -2.45. The van der Waals surface area contributed by atoms with Crippen LogP contribution in [-0.2, 0) is 5.75 Å². The fraction of sp³-hybridized carbons (Fsp3) is 0.0500. The third-order valence-electron chi connectivity index (χ3n) is 3.97. The Balaban J connectivity index is 1.88. The van der Waals surface area contributed by atoms with Crippen LogP contribution in [0.15, 0.2) is 78.9 Å². The van der Waals surface area contributed by atoms with Crippen LogP contribution in [0.25, 0.3) is 20.2 Å². The van der Waals surface area contributed by atoms with Crippen LogP contribution in [-0.4, -0.2) is 5.78 Å². The summed E-state index contributed by atoms with van der Waals surface area (Å²) in [7, 11) is -0.157. The van der Waals surface area contributed by atoms with E-state index < -0.39 is 0 Å². The van der Waals surface area contributed by atoms with E-state index in [2.05, 4.69) is 48.5 Å². The van der Waals surface area contributed by atoms with E-state index in [1.165, 1.54) is 20.2 Å². The number of carbonyl (C=O) groups excluding carboxylic acids is 1. The highest BCUT2D eigenvalue weighted by molar-refractivity contribution is 7.43. The maximum absolute atomic E-state index is 12.6. The Labute approximate surface area is 131 Å². The molecule has 106 valence electrons. The molecule has 0 aliphatic carbocycles. The smallest absolute Gasteiger partial charge is 0.216 e. The summed E-state index contributed by atoms with van der Waals surface area (Å²) in [6, 6.07) is 26.5. The number of fused-ring (bicyclic) bond motifs is 3. The van der Waals surface area contributed by atoms with Crippen molar-refractivity contribution in [1.82, 2.24) is 0 Å². The zero-order chi connectivity index (χ0) is 14.9. The predicted molar refractivity (Wildman–Crippen MR) is 94.7 cm³/mol. The summed E-state index contributed by atoms with van der Waals surface area (Å²) in [6.45, 7) is 0. The van der Waals surface area contributed by atoms with Crippen LogP contribution in [0.1, 0.15) is 10.4 Å². The van der Waals surface area contributed by atoms with Crippen LogP contribution >= 0.6 is 10.5 Å². The van der Waals surface area contributed by atoms with Crippen molar-refractivity contribution in [3.63, 3.8) is 0 Å². The molecule has 0 spiro atoms. The SMILES string of the molecule is O=C(C[s+]1c2ccccc2c2ccccc21)c1ccccc1. The first-order valence-electron chi connectivity index (χ1n) is 7.32. The first-order chi connectivity index (χ1) is 10.8. The van der Waals surface area contributed by atoms with Crippen molar-refractivity contribution in [1.29, 1.82) is 0 Å². The third kappa shape index (κ3) is 2.13. The Kier molecular flexibility index (Phi) is 3.24. The second-order valence-corrected chi connectivity index (χ2v) is 7.27. The first kappa shape index (κ1) is 13.2. The lowest BCUT2D eigenvalue weighted by Gasteiger charge is -1.96. The molecule has 0 fully saturated rings. The van der Waals surface area contributed by atoms with Gasteiger partial charge in [0, 0.05) is 26.8 Å². The van der Waals surface area contributed by atoms with Gasteiger partial charge in [-0.05, 0) is 24.3 Å². The molecule has 0 saturated carbocycles. The van der Waals surface area contributed by atoms with E-state index in [4.69, 9.17) is 0 Å². The molecule has 0 aliphatic heterocycles. The van der Waals surface area contributed by atoms with Crippen LogP contribution in [0.2, 0.25) is 0 Å². The lowest BCUT2D eigenvalue weighted by molar-refractivity contribution is 0.100.